The van der Waals surface area contributed by atoms with E-state index >= 15 is 0 Å². The number of ether oxygens (including phenoxy) is 4. The molecule has 3 aliphatic rings. The fourth-order valence-corrected chi connectivity index (χ4v) is 7.02. The van der Waals surface area contributed by atoms with E-state index in [4.69, 9.17) is 18.9 Å². The molecule has 6 rings (SSSR count). The van der Waals surface area contributed by atoms with Crippen LogP contribution >= 0.6 is 0 Å². The van der Waals surface area contributed by atoms with Crippen molar-refractivity contribution in [2.45, 2.75) is 61.5 Å². The maximum Gasteiger partial charge on any atom is 0.242 e. The average molecular weight is 522 g/mol. The van der Waals surface area contributed by atoms with E-state index in [1.54, 1.807) is 12.1 Å². The third-order valence-corrected chi connectivity index (χ3v) is 8.76. The molecule has 2 unspecified atom stereocenters. The first kappa shape index (κ1) is 24.4. The maximum atomic E-state index is 13.3. The Bertz CT molecular complexity index is 1260. The number of sulfonamides is 1. The summed E-state index contributed by atoms with van der Waals surface area (Å²) in [6.45, 7) is 1.41. The predicted octanol–water partition coefficient (Wildman–Crippen LogP) is 5.08. The van der Waals surface area contributed by atoms with Gasteiger partial charge in [-0.15, -0.1) is 0 Å². The van der Waals surface area contributed by atoms with Crippen molar-refractivity contribution >= 4 is 10.0 Å². The molecule has 3 aromatic carbocycles. The molecule has 0 aliphatic carbocycles. The van der Waals surface area contributed by atoms with E-state index in [0.717, 1.165) is 49.7 Å². The molecule has 0 amide bonds. The number of hydrogen-bond donors (Lipinski definition) is 1. The van der Waals surface area contributed by atoms with Crippen LogP contribution in [0.4, 0.5) is 0 Å². The Hall–Kier alpha value is -2.91. The molecule has 1 N–H and O–H groups in total. The van der Waals surface area contributed by atoms with Gasteiger partial charge in [0.15, 0.2) is 12.6 Å². The number of nitrogens with one attached hydrogen (secondary N) is 1. The molecule has 0 spiro atoms. The first-order valence-electron chi connectivity index (χ1n) is 13.0. The summed E-state index contributed by atoms with van der Waals surface area (Å²) >= 11 is 0. The Morgan fingerprint density at radius 1 is 0.703 bits per heavy atom. The normalized spacial score (nSPS) is 26.8. The van der Waals surface area contributed by atoms with Crippen LogP contribution in [0.1, 0.15) is 55.2 Å². The lowest BCUT2D eigenvalue weighted by Crippen LogP contribution is -2.41. The van der Waals surface area contributed by atoms with Crippen LogP contribution in [0.3, 0.4) is 0 Å². The van der Waals surface area contributed by atoms with Crippen LogP contribution in [0.25, 0.3) is 0 Å². The molecule has 2 fully saturated rings. The molecule has 194 valence electrons. The van der Waals surface area contributed by atoms with Gasteiger partial charge in [-0.05, 0) is 67.1 Å². The van der Waals surface area contributed by atoms with E-state index in [0.29, 0.717) is 30.3 Å². The van der Waals surface area contributed by atoms with Gasteiger partial charge in [-0.2, -0.15) is 4.72 Å². The van der Waals surface area contributed by atoms with E-state index in [2.05, 4.69) is 4.72 Å². The Morgan fingerprint density at radius 3 is 1.70 bits per heavy atom. The fraction of sp³-hybridized carbons (Fsp3) is 0.379. The van der Waals surface area contributed by atoms with Crippen LogP contribution < -0.4 is 14.2 Å². The number of hydrogen-bond acceptors (Lipinski definition) is 6. The number of benzene rings is 3. The van der Waals surface area contributed by atoms with Gasteiger partial charge in [-0.25, -0.2) is 8.42 Å². The highest BCUT2D eigenvalue weighted by atomic mass is 32.2. The van der Waals surface area contributed by atoms with Crippen molar-refractivity contribution in [1.82, 2.24) is 4.72 Å². The summed E-state index contributed by atoms with van der Waals surface area (Å²) in [6.07, 6.45) is 5.49. The van der Waals surface area contributed by atoms with Crippen molar-refractivity contribution < 1.29 is 27.4 Å². The zero-order chi connectivity index (χ0) is 25.3. The second-order valence-electron chi connectivity index (χ2n) is 9.73. The van der Waals surface area contributed by atoms with E-state index in [1.807, 2.05) is 60.7 Å². The molecule has 0 radical (unpaired) electrons. The van der Waals surface area contributed by atoms with Crippen LogP contribution in [-0.2, 0) is 25.0 Å². The van der Waals surface area contributed by atoms with Gasteiger partial charge >= 0.3 is 0 Å². The monoisotopic (exact) mass is 521 g/mol. The summed E-state index contributed by atoms with van der Waals surface area (Å²) in [5, 5.41) is 0. The molecule has 7 nitrogen and oxygen atoms in total. The molecular formula is C29H31NO6S. The van der Waals surface area contributed by atoms with Crippen molar-refractivity contribution in [3.63, 3.8) is 0 Å². The van der Waals surface area contributed by atoms with Gasteiger partial charge in [0.05, 0.1) is 18.1 Å². The lowest BCUT2D eigenvalue weighted by Gasteiger charge is -2.32. The smallest absolute Gasteiger partial charge is 0.242 e. The van der Waals surface area contributed by atoms with Crippen molar-refractivity contribution in [2.75, 3.05) is 13.2 Å². The minimum Gasteiger partial charge on any atom is -0.465 e. The molecule has 37 heavy (non-hydrogen) atoms. The molecule has 0 saturated carbocycles. The first-order valence-corrected chi connectivity index (χ1v) is 14.4. The van der Waals surface area contributed by atoms with E-state index < -0.39 is 15.6 Å². The summed E-state index contributed by atoms with van der Waals surface area (Å²) in [5.41, 5.74) is 1.18. The molecule has 2 saturated heterocycles. The van der Waals surface area contributed by atoms with Crippen molar-refractivity contribution in [1.29, 1.82) is 0 Å². The maximum absolute atomic E-state index is 13.3. The molecule has 3 aromatic rings. The summed E-state index contributed by atoms with van der Waals surface area (Å²) < 4.78 is 53.0. The van der Waals surface area contributed by atoms with E-state index in [1.165, 1.54) is 0 Å². The van der Waals surface area contributed by atoms with Gasteiger partial charge < -0.3 is 18.9 Å². The predicted molar refractivity (Wildman–Crippen MR) is 138 cm³/mol. The molecule has 0 bridgehead atoms. The van der Waals surface area contributed by atoms with Crippen LogP contribution in [-0.4, -0.2) is 34.2 Å². The molecular weight excluding hydrogens is 490 g/mol. The summed E-state index contributed by atoms with van der Waals surface area (Å²) in [5.74, 6) is 1.38. The minimum atomic E-state index is -3.73. The number of rotatable bonds is 6. The SMILES string of the molecule is O=S1(=O)NC(c2ccc(OC3CCCCO3)cc2)(c2ccc(OC3CCCCO3)cc2)c2ccccc21. The second-order valence-corrected chi connectivity index (χ2v) is 11.4. The third-order valence-electron chi connectivity index (χ3n) is 7.25. The lowest BCUT2D eigenvalue weighted by molar-refractivity contribution is -0.106. The zero-order valence-corrected chi connectivity index (χ0v) is 21.4. The Morgan fingerprint density at radius 2 is 1.22 bits per heavy atom. The Labute approximate surface area is 217 Å². The van der Waals surface area contributed by atoms with E-state index in [-0.39, 0.29) is 17.5 Å². The van der Waals surface area contributed by atoms with Crippen LogP contribution in [0, 0.1) is 0 Å². The highest BCUT2D eigenvalue weighted by Gasteiger charge is 2.49. The van der Waals surface area contributed by atoms with E-state index in [9.17, 15) is 8.42 Å². The quantitative estimate of drug-likeness (QED) is 0.487. The summed E-state index contributed by atoms with van der Waals surface area (Å²) in [7, 11) is -3.73. The highest BCUT2D eigenvalue weighted by molar-refractivity contribution is 7.90. The van der Waals surface area contributed by atoms with Gasteiger partial charge in [-0.3, -0.25) is 0 Å². The fourth-order valence-electron chi connectivity index (χ4n) is 5.40. The zero-order valence-electron chi connectivity index (χ0n) is 20.6. The standard InChI is InChI=1S/C29H31NO6S/c31-37(32)26-8-2-1-7-25(26)29(30-37,21-11-15-23(16-12-21)35-27-9-3-5-19-33-27)22-13-17-24(18-14-22)36-28-10-4-6-20-34-28/h1-2,7-8,11-18,27-28,30H,3-6,9-10,19-20H2. The average Bonchev–Trinajstić information content (AvgIpc) is 3.19. The van der Waals surface area contributed by atoms with Crippen LogP contribution in [0.15, 0.2) is 77.7 Å². The van der Waals surface area contributed by atoms with Crippen molar-refractivity contribution in [3.05, 3.63) is 89.5 Å². The van der Waals surface area contributed by atoms with Gasteiger partial charge in [0.2, 0.25) is 10.0 Å². The number of fused-ring (bicyclic) bond motifs is 1. The second kappa shape index (κ2) is 10.1. The lowest BCUT2D eigenvalue weighted by atomic mass is 9.78. The van der Waals surface area contributed by atoms with Gasteiger partial charge in [0.1, 0.15) is 17.0 Å². The first-order chi connectivity index (χ1) is 18.0. The molecule has 3 heterocycles. The Kier molecular flexibility index (Phi) is 6.67. The summed E-state index contributed by atoms with van der Waals surface area (Å²) in [4.78, 5) is 0.280. The molecule has 2 atom stereocenters. The molecule has 0 aromatic heterocycles. The van der Waals surface area contributed by atoms with Gasteiger partial charge in [0, 0.05) is 18.4 Å². The summed E-state index contributed by atoms with van der Waals surface area (Å²) in [6, 6.07) is 22.3. The van der Waals surface area contributed by atoms with Gasteiger partial charge in [-0.1, -0.05) is 42.5 Å². The molecule has 3 aliphatic heterocycles. The highest BCUT2D eigenvalue weighted by Crippen LogP contribution is 2.46. The van der Waals surface area contributed by atoms with Gasteiger partial charge in [0.25, 0.3) is 0 Å². The van der Waals surface area contributed by atoms with Crippen molar-refractivity contribution in [3.8, 4) is 11.5 Å². The van der Waals surface area contributed by atoms with Crippen LogP contribution in [0.2, 0.25) is 0 Å². The minimum absolute atomic E-state index is 0.250. The largest absolute Gasteiger partial charge is 0.465 e. The van der Waals surface area contributed by atoms with Crippen molar-refractivity contribution in [2.24, 2.45) is 0 Å². The third kappa shape index (κ3) is 4.75. The molecule has 8 heteroatoms. The van der Waals surface area contributed by atoms with Crippen LogP contribution in [0.5, 0.6) is 11.5 Å². The Balaban J connectivity index is 1.36. The topological polar surface area (TPSA) is 83.1 Å².